The fraction of sp³-hybridized carbons (Fsp3) is 0.353. The third kappa shape index (κ3) is 2.71. The van der Waals surface area contributed by atoms with Crippen LogP contribution in [0.1, 0.15) is 24.2 Å². The summed E-state index contributed by atoms with van der Waals surface area (Å²) in [5, 5.41) is 14.2. The van der Waals surface area contributed by atoms with E-state index < -0.39 is 6.10 Å². The molecule has 134 valence electrons. The van der Waals surface area contributed by atoms with Crippen LogP contribution in [0.5, 0.6) is 11.5 Å². The quantitative estimate of drug-likeness (QED) is 0.724. The van der Waals surface area contributed by atoms with Crippen LogP contribution in [0.25, 0.3) is 11.4 Å². The van der Waals surface area contributed by atoms with E-state index in [0.717, 1.165) is 11.4 Å². The van der Waals surface area contributed by atoms with Gasteiger partial charge in [-0.05, 0) is 24.6 Å². The van der Waals surface area contributed by atoms with Crippen molar-refractivity contribution in [1.29, 1.82) is 0 Å². The van der Waals surface area contributed by atoms with Crippen LogP contribution in [-0.4, -0.2) is 49.6 Å². The highest BCUT2D eigenvalue weighted by Crippen LogP contribution is 2.37. The fourth-order valence-electron chi connectivity index (χ4n) is 3.41. The lowest BCUT2D eigenvalue weighted by Crippen LogP contribution is -2.25. The van der Waals surface area contributed by atoms with E-state index in [2.05, 4.69) is 25.0 Å². The number of hydrogen-bond acceptors (Lipinski definition) is 8. The molecule has 0 amide bonds. The summed E-state index contributed by atoms with van der Waals surface area (Å²) in [6.07, 6.45) is 3.60. The van der Waals surface area contributed by atoms with E-state index in [1.807, 2.05) is 18.2 Å². The number of nitrogens with one attached hydrogen (secondary N) is 1. The van der Waals surface area contributed by atoms with Gasteiger partial charge in [-0.25, -0.2) is 4.98 Å². The molecule has 2 atom stereocenters. The molecule has 1 fully saturated rings. The van der Waals surface area contributed by atoms with Gasteiger partial charge in [0.25, 0.3) is 0 Å². The van der Waals surface area contributed by atoms with E-state index in [-0.39, 0.29) is 12.8 Å². The monoisotopic (exact) mass is 355 g/mol. The van der Waals surface area contributed by atoms with E-state index in [0.29, 0.717) is 42.7 Å². The van der Waals surface area contributed by atoms with Crippen molar-refractivity contribution in [3.63, 3.8) is 0 Å². The van der Waals surface area contributed by atoms with Crippen LogP contribution in [0, 0.1) is 0 Å². The van der Waals surface area contributed by atoms with Crippen LogP contribution >= 0.6 is 0 Å². The number of fused-ring (bicyclic) bond motifs is 1. The minimum Gasteiger partial charge on any atom is -0.454 e. The summed E-state index contributed by atoms with van der Waals surface area (Å²) < 4.78 is 16.2. The second-order valence-electron chi connectivity index (χ2n) is 6.39. The summed E-state index contributed by atoms with van der Waals surface area (Å²) in [6.45, 7) is 1.33. The molecule has 3 aromatic rings. The first-order valence-corrected chi connectivity index (χ1v) is 8.40. The largest absolute Gasteiger partial charge is 0.454 e. The lowest BCUT2D eigenvalue weighted by molar-refractivity contribution is 0.167. The number of aliphatic hydroxyl groups excluding tert-OH is 1. The highest BCUT2D eigenvalue weighted by atomic mass is 16.7. The molecule has 9 nitrogen and oxygen atoms in total. The summed E-state index contributed by atoms with van der Waals surface area (Å²) >= 11 is 0. The van der Waals surface area contributed by atoms with Gasteiger partial charge >= 0.3 is 0 Å². The summed E-state index contributed by atoms with van der Waals surface area (Å²) in [7, 11) is 0. The Morgan fingerprint density at radius 3 is 3.08 bits per heavy atom. The van der Waals surface area contributed by atoms with Gasteiger partial charge in [-0.15, -0.1) is 0 Å². The average molecular weight is 355 g/mol. The van der Waals surface area contributed by atoms with Crippen LogP contribution in [0.3, 0.4) is 0 Å². The highest BCUT2D eigenvalue weighted by molar-refractivity contribution is 5.61. The van der Waals surface area contributed by atoms with Gasteiger partial charge in [0, 0.05) is 24.5 Å². The van der Waals surface area contributed by atoms with E-state index in [1.165, 1.54) is 0 Å². The van der Waals surface area contributed by atoms with Crippen molar-refractivity contribution in [1.82, 2.24) is 25.0 Å². The SMILES string of the molecule is O[C@@H]1C[C@@H](c2nc(-c3ccc4c(c3)OCO4)no2)N(Cc2ncc[nH]2)C1. The number of aliphatic hydroxyl groups is 1. The molecular weight excluding hydrogens is 338 g/mol. The number of hydrogen-bond donors (Lipinski definition) is 2. The van der Waals surface area contributed by atoms with E-state index >= 15 is 0 Å². The Morgan fingerprint density at radius 2 is 2.19 bits per heavy atom. The lowest BCUT2D eigenvalue weighted by atomic mass is 10.2. The van der Waals surface area contributed by atoms with Gasteiger partial charge in [-0.1, -0.05) is 5.16 Å². The van der Waals surface area contributed by atoms with Crippen LogP contribution in [0.2, 0.25) is 0 Å². The van der Waals surface area contributed by atoms with Gasteiger partial charge < -0.3 is 24.1 Å². The van der Waals surface area contributed by atoms with E-state index in [9.17, 15) is 5.11 Å². The molecule has 4 heterocycles. The molecule has 2 aromatic heterocycles. The van der Waals surface area contributed by atoms with Crippen molar-refractivity contribution in [2.45, 2.75) is 25.1 Å². The van der Waals surface area contributed by atoms with Crippen LogP contribution in [0.15, 0.2) is 35.1 Å². The summed E-state index contributed by atoms with van der Waals surface area (Å²) in [4.78, 5) is 14.0. The number of likely N-dealkylation sites (tertiary alicyclic amines) is 1. The van der Waals surface area contributed by atoms with Gasteiger partial charge in [-0.2, -0.15) is 4.98 Å². The Morgan fingerprint density at radius 1 is 1.27 bits per heavy atom. The predicted molar refractivity (Wildman–Crippen MR) is 88.2 cm³/mol. The maximum absolute atomic E-state index is 10.1. The maximum Gasteiger partial charge on any atom is 0.244 e. The third-order valence-corrected chi connectivity index (χ3v) is 4.65. The molecule has 9 heteroatoms. The molecule has 2 aliphatic heterocycles. The normalized spacial score (nSPS) is 22.2. The molecule has 2 aliphatic rings. The molecule has 1 saturated heterocycles. The molecule has 0 spiro atoms. The number of imidazole rings is 1. The number of aromatic amines is 1. The van der Waals surface area contributed by atoms with Crippen molar-refractivity contribution >= 4 is 0 Å². The smallest absolute Gasteiger partial charge is 0.244 e. The van der Waals surface area contributed by atoms with Crippen molar-refractivity contribution < 1.29 is 19.1 Å². The zero-order chi connectivity index (χ0) is 17.5. The number of H-pyrrole nitrogens is 1. The van der Waals surface area contributed by atoms with Crippen molar-refractivity contribution in [3.8, 4) is 22.9 Å². The number of aromatic nitrogens is 4. The van der Waals surface area contributed by atoms with Crippen LogP contribution < -0.4 is 9.47 Å². The standard InChI is InChI=1S/C17H17N5O4/c23-11-6-12(22(7-11)8-15-18-3-4-19-15)17-20-16(21-26-17)10-1-2-13-14(5-10)25-9-24-13/h1-5,11-12,23H,6-9H2,(H,18,19)/t11-,12+/m1/s1. The molecule has 0 saturated carbocycles. The first-order valence-electron chi connectivity index (χ1n) is 8.40. The molecule has 0 radical (unpaired) electrons. The summed E-state index contributed by atoms with van der Waals surface area (Å²) in [6, 6.07) is 5.38. The zero-order valence-corrected chi connectivity index (χ0v) is 13.8. The van der Waals surface area contributed by atoms with Gasteiger partial charge in [0.05, 0.1) is 18.7 Å². The molecule has 0 aliphatic carbocycles. The Labute approximate surface area is 148 Å². The molecule has 2 N–H and O–H groups in total. The predicted octanol–water partition coefficient (Wildman–Crippen LogP) is 1.50. The first kappa shape index (κ1) is 15.4. The molecule has 5 rings (SSSR count). The van der Waals surface area contributed by atoms with Crippen LogP contribution in [0.4, 0.5) is 0 Å². The summed E-state index contributed by atoms with van der Waals surface area (Å²) in [5.41, 5.74) is 0.792. The molecule has 1 aromatic carbocycles. The Balaban J connectivity index is 1.40. The van der Waals surface area contributed by atoms with Gasteiger partial charge in [0.1, 0.15) is 5.82 Å². The minimum atomic E-state index is -0.434. The number of nitrogens with zero attached hydrogens (tertiary/aromatic N) is 4. The topological polar surface area (TPSA) is 110 Å². The van der Waals surface area contributed by atoms with Crippen LogP contribution in [-0.2, 0) is 6.54 Å². The molecule has 0 unspecified atom stereocenters. The summed E-state index contributed by atoms with van der Waals surface area (Å²) in [5.74, 6) is 3.18. The highest BCUT2D eigenvalue weighted by Gasteiger charge is 2.36. The second-order valence-corrected chi connectivity index (χ2v) is 6.39. The van der Waals surface area contributed by atoms with Crippen molar-refractivity contribution in [3.05, 3.63) is 42.3 Å². The Kier molecular flexibility index (Phi) is 3.61. The number of ether oxygens (including phenoxy) is 2. The zero-order valence-electron chi connectivity index (χ0n) is 13.8. The third-order valence-electron chi connectivity index (χ3n) is 4.65. The van der Waals surface area contributed by atoms with Gasteiger partial charge in [0.2, 0.25) is 18.5 Å². The molecule has 0 bridgehead atoms. The number of rotatable bonds is 4. The maximum atomic E-state index is 10.1. The Bertz CT molecular complexity index is 910. The van der Waals surface area contributed by atoms with E-state index in [1.54, 1.807) is 12.4 Å². The first-order chi connectivity index (χ1) is 12.8. The molecular formula is C17H17N5O4. The lowest BCUT2D eigenvalue weighted by Gasteiger charge is -2.19. The van der Waals surface area contributed by atoms with Gasteiger partial charge in [0.15, 0.2) is 11.5 Å². The average Bonchev–Trinajstić information content (AvgIpc) is 3.42. The number of benzene rings is 1. The van der Waals surface area contributed by atoms with Crippen molar-refractivity contribution in [2.75, 3.05) is 13.3 Å². The van der Waals surface area contributed by atoms with Gasteiger partial charge in [-0.3, -0.25) is 4.90 Å². The molecule has 26 heavy (non-hydrogen) atoms. The fourth-order valence-corrected chi connectivity index (χ4v) is 3.41. The minimum absolute atomic E-state index is 0.148. The van der Waals surface area contributed by atoms with E-state index in [4.69, 9.17) is 14.0 Å². The number of β-amino-alcohol motifs (C(OH)–C–C–N with tert-alkyl or cyclic N) is 1. The van der Waals surface area contributed by atoms with Crippen molar-refractivity contribution in [2.24, 2.45) is 0 Å². The second kappa shape index (κ2) is 6.11. The Hall–Kier alpha value is -2.91.